The average molecular weight is 799 g/mol. The van der Waals surface area contributed by atoms with Crippen LogP contribution in [0.25, 0.3) is 44.3 Å². The minimum absolute atomic E-state index is 0. The second kappa shape index (κ2) is 17.7. The number of amides is 2. The maximum Gasteiger partial charge on any atom is 1.00 e. The molecule has 0 radical (unpaired) electrons. The molecule has 0 aliphatic carbocycles. The Hall–Kier alpha value is -5.91. The van der Waals surface area contributed by atoms with Crippen LogP contribution in [0.2, 0.25) is 5.15 Å². The van der Waals surface area contributed by atoms with Gasteiger partial charge in [0.1, 0.15) is 16.7 Å². The van der Waals surface area contributed by atoms with Crippen molar-refractivity contribution in [2.45, 2.75) is 26.7 Å². The molecule has 8 aromatic rings. The number of hydrogen-bond acceptors (Lipinski definition) is 6. The Balaban J connectivity index is 0.000000166. The third kappa shape index (κ3) is 8.96. The van der Waals surface area contributed by atoms with Crippen molar-refractivity contribution in [1.82, 2.24) is 30.6 Å². The standard InChI is InChI=1S/C23H19N3O2.C16H12ClN3O.C7H8O.Na.H/c1-14-4-2-6-16(12-14)28-21-9-8-15-5-3-7-17(22(15)26-21)20-13-18-19(25-20)10-11-24-23(18)27;17-14-5-4-9-2-1-3-10(15(9)20-14)13-8-11-12(19-13)6-7-18-16(11)21;1-6-3-2-4-7(8)5-6;;/h2-9,12-13,25H,10-11H2,1H3,(H,24,27);1-5,8,19H,6-7H2,(H,18,21);2-5,8H,1H3;;/q;;;+1;-1. The number of carbonyl (C=O) groups is 2. The number of rotatable bonds is 4. The fraction of sp³-hybridized carbons (Fsp3) is 0.130. The smallest absolute Gasteiger partial charge is 1.00 e. The molecule has 5 N–H and O–H groups in total. The Bertz CT molecular complexity index is 2790. The van der Waals surface area contributed by atoms with Gasteiger partial charge < -0.3 is 31.9 Å². The van der Waals surface area contributed by atoms with Crippen LogP contribution in [-0.4, -0.2) is 49.9 Å². The molecule has 6 heterocycles. The number of carbonyl (C=O) groups excluding carboxylic acids is 2. The number of H-pyrrole nitrogens is 2. The van der Waals surface area contributed by atoms with Gasteiger partial charge in [0.15, 0.2) is 0 Å². The number of aromatic amines is 2. The summed E-state index contributed by atoms with van der Waals surface area (Å²) >= 11 is 6.02. The van der Waals surface area contributed by atoms with Gasteiger partial charge in [-0.2, -0.15) is 0 Å². The largest absolute Gasteiger partial charge is 1.00 e. The molecule has 0 spiro atoms. The number of benzene rings is 4. The Morgan fingerprint density at radius 1 is 0.621 bits per heavy atom. The van der Waals surface area contributed by atoms with Crippen LogP contribution < -0.4 is 44.9 Å². The number of halogens is 1. The van der Waals surface area contributed by atoms with Gasteiger partial charge in [-0.05, 0) is 79.6 Å². The van der Waals surface area contributed by atoms with Gasteiger partial charge in [-0.3, -0.25) is 9.59 Å². The van der Waals surface area contributed by atoms with E-state index in [1.165, 1.54) is 0 Å². The van der Waals surface area contributed by atoms with Gasteiger partial charge in [-0.1, -0.05) is 72.3 Å². The van der Waals surface area contributed by atoms with Gasteiger partial charge in [-0.15, -0.1) is 0 Å². The molecule has 12 heteroatoms. The van der Waals surface area contributed by atoms with E-state index in [1.807, 2.05) is 117 Å². The third-order valence-corrected chi connectivity index (χ3v) is 9.99. The molecule has 286 valence electrons. The third-order valence-electron chi connectivity index (χ3n) is 9.78. The number of phenols is 1. The SMILES string of the molecule is Cc1cccc(O)c1.Cc1cccc(Oc2ccc3cccc(-c4cc5c([nH]4)CCNC5=O)c3n2)c1.O=C1NCCc2[nH]c(-c3cccc4ccc(Cl)nc34)cc21.[H-].[Na+]. The van der Waals surface area contributed by atoms with E-state index in [4.69, 9.17) is 26.4 Å². The van der Waals surface area contributed by atoms with E-state index in [0.717, 1.165) is 91.0 Å². The number of para-hydroxylation sites is 2. The zero-order chi connectivity index (χ0) is 39.5. The molecule has 0 saturated carbocycles. The van der Waals surface area contributed by atoms with Crippen molar-refractivity contribution in [2.75, 3.05) is 13.1 Å². The number of aromatic nitrogens is 4. The molecule has 0 fully saturated rings. The first kappa shape index (κ1) is 40.3. The Morgan fingerprint density at radius 2 is 1.16 bits per heavy atom. The summed E-state index contributed by atoms with van der Waals surface area (Å²) < 4.78 is 5.97. The number of aryl methyl sites for hydroxylation is 2. The monoisotopic (exact) mass is 798 g/mol. The number of fused-ring (bicyclic) bond motifs is 4. The first-order valence-corrected chi connectivity index (χ1v) is 19.0. The predicted octanol–water partition coefficient (Wildman–Crippen LogP) is 6.60. The van der Waals surface area contributed by atoms with E-state index in [2.05, 4.69) is 25.6 Å². The van der Waals surface area contributed by atoms with Crippen LogP contribution in [0.4, 0.5) is 0 Å². The summed E-state index contributed by atoms with van der Waals surface area (Å²) in [4.78, 5) is 39.9. The molecular formula is C46H40ClN6NaO4. The maximum absolute atomic E-state index is 12.1. The zero-order valence-corrected chi connectivity index (χ0v) is 35.1. The average Bonchev–Trinajstić information content (AvgIpc) is 3.85. The second-order valence-corrected chi connectivity index (χ2v) is 14.3. The Kier molecular flexibility index (Phi) is 12.3. The fourth-order valence-corrected chi connectivity index (χ4v) is 7.20. The van der Waals surface area contributed by atoms with Crippen molar-refractivity contribution < 1.29 is 50.4 Å². The summed E-state index contributed by atoms with van der Waals surface area (Å²) in [5.41, 5.74) is 11.0. The van der Waals surface area contributed by atoms with Gasteiger partial charge in [-0.25, -0.2) is 9.97 Å². The molecule has 2 aliphatic rings. The summed E-state index contributed by atoms with van der Waals surface area (Å²) in [6.07, 6.45) is 1.63. The van der Waals surface area contributed by atoms with Gasteiger partial charge >= 0.3 is 29.6 Å². The van der Waals surface area contributed by atoms with Crippen LogP contribution in [0.1, 0.15) is 44.7 Å². The molecule has 0 saturated heterocycles. The molecule has 0 bridgehead atoms. The van der Waals surface area contributed by atoms with E-state index >= 15 is 0 Å². The van der Waals surface area contributed by atoms with Crippen LogP contribution >= 0.6 is 11.6 Å². The summed E-state index contributed by atoms with van der Waals surface area (Å²) in [5.74, 6) is 1.59. The van der Waals surface area contributed by atoms with Crippen LogP contribution in [0.5, 0.6) is 17.4 Å². The summed E-state index contributed by atoms with van der Waals surface area (Å²) in [6, 6.07) is 38.5. The molecule has 4 aromatic carbocycles. The molecule has 58 heavy (non-hydrogen) atoms. The molecule has 2 aliphatic heterocycles. The van der Waals surface area contributed by atoms with Gasteiger partial charge in [0.05, 0.1) is 22.2 Å². The molecule has 10 nitrogen and oxygen atoms in total. The molecular weight excluding hydrogens is 759 g/mol. The minimum atomic E-state index is -0.0274. The van der Waals surface area contributed by atoms with Gasteiger partial charge in [0, 0.05) is 76.7 Å². The van der Waals surface area contributed by atoms with Crippen LogP contribution in [0.15, 0.2) is 121 Å². The number of ether oxygens (including phenoxy) is 1. The fourth-order valence-electron chi connectivity index (χ4n) is 7.05. The number of pyridine rings is 2. The first-order valence-electron chi connectivity index (χ1n) is 18.6. The number of nitrogens with one attached hydrogen (secondary N) is 4. The van der Waals surface area contributed by atoms with E-state index in [0.29, 0.717) is 35.4 Å². The zero-order valence-electron chi connectivity index (χ0n) is 33.3. The maximum atomic E-state index is 12.1. The molecule has 0 atom stereocenters. The predicted molar refractivity (Wildman–Crippen MR) is 225 cm³/mol. The number of aromatic hydroxyl groups is 1. The minimum Gasteiger partial charge on any atom is -1.00 e. The summed E-state index contributed by atoms with van der Waals surface area (Å²) in [7, 11) is 0. The van der Waals surface area contributed by atoms with Crippen LogP contribution in [0.3, 0.4) is 0 Å². The van der Waals surface area contributed by atoms with E-state index in [-0.39, 0.29) is 42.8 Å². The van der Waals surface area contributed by atoms with Crippen molar-refractivity contribution >= 4 is 45.2 Å². The van der Waals surface area contributed by atoms with Crippen molar-refractivity contribution in [3.8, 4) is 39.9 Å². The first-order chi connectivity index (χ1) is 27.7. The quantitative estimate of drug-likeness (QED) is 0.100. The number of phenolic OH excluding ortho intramolecular Hbond substituents is 1. The molecule has 0 unspecified atom stereocenters. The van der Waals surface area contributed by atoms with Crippen molar-refractivity contribution in [3.05, 3.63) is 160 Å². The van der Waals surface area contributed by atoms with Crippen molar-refractivity contribution in [3.63, 3.8) is 0 Å². The van der Waals surface area contributed by atoms with Gasteiger partial charge in [0.2, 0.25) is 5.88 Å². The van der Waals surface area contributed by atoms with Crippen molar-refractivity contribution in [2.24, 2.45) is 0 Å². The summed E-state index contributed by atoms with van der Waals surface area (Å²) in [6.45, 7) is 5.31. The van der Waals surface area contributed by atoms with E-state index < -0.39 is 0 Å². The van der Waals surface area contributed by atoms with E-state index in [9.17, 15) is 9.59 Å². The molecule has 10 rings (SSSR count). The molecule has 2 amide bonds. The van der Waals surface area contributed by atoms with Gasteiger partial charge in [0.25, 0.3) is 11.8 Å². The normalized spacial score (nSPS) is 12.7. The van der Waals surface area contributed by atoms with Crippen molar-refractivity contribution in [1.29, 1.82) is 0 Å². The summed E-state index contributed by atoms with van der Waals surface area (Å²) in [5, 5.41) is 17.1. The van der Waals surface area contributed by atoms with Crippen LogP contribution in [0, 0.1) is 13.8 Å². The number of hydrogen-bond donors (Lipinski definition) is 5. The molecule has 4 aromatic heterocycles. The second-order valence-electron chi connectivity index (χ2n) is 14.0. The van der Waals surface area contributed by atoms with E-state index in [1.54, 1.807) is 18.2 Å². The van der Waals surface area contributed by atoms with Crippen LogP contribution in [-0.2, 0) is 12.8 Å². The Morgan fingerprint density at radius 3 is 1.69 bits per heavy atom. The number of nitrogens with zero attached hydrogens (tertiary/aromatic N) is 2. The topological polar surface area (TPSA) is 145 Å². The Labute approximate surface area is 363 Å².